The van der Waals surface area contributed by atoms with Crippen LogP contribution >= 0.6 is 0 Å². The van der Waals surface area contributed by atoms with Gasteiger partial charge in [-0.25, -0.2) is 0 Å². The number of hydrogen-bond acceptors (Lipinski definition) is 0. The van der Waals surface area contributed by atoms with Crippen LogP contribution < -0.4 is 0 Å². The van der Waals surface area contributed by atoms with Crippen molar-refractivity contribution in [2.45, 2.75) is 0 Å². The first kappa shape index (κ1) is 11.2. The highest BCUT2D eigenvalue weighted by Gasteiger charge is 2.06. The topological polar surface area (TPSA) is 0 Å². The lowest BCUT2D eigenvalue weighted by molar-refractivity contribution is 1.68. The SMILES string of the molecule is [c]1cccc2c(-c3cccc4ccc[c]c34)cccc12. The molecule has 4 aromatic rings. The van der Waals surface area contributed by atoms with Gasteiger partial charge in [-0.05, 0) is 44.8 Å². The van der Waals surface area contributed by atoms with Crippen LogP contribution in [-0.4, -0.2) is 0 Å². The van der Waals surface area contributed by atoms with Gasteiger partial charge in [-0.2, -0.15) is 0 Å². The second-order valence-corrected chi connectivity index (χ2v) is 4.88. The van der Waals surface area contributed by atoms with Crippen LogP contribution in [-0.2, 0) is 0 Å². The predicted molar refractivity (Wildman–Crippen MR) is 84.6 cm³/mol. The molecular formula is C20H12. The first-order chi connectivity index (χ1) is 9.93. The van der Waals surface area contributed by atoms with Gasteiger partial charge in [0.2, 0.25) is 0 Å². The number of rotatable bonds is 1. The molecule has 4 rings (SSSR count). The summed E-state index contributed by atoms with van der Waals surface area (Å²) in [5.74, 6) is 0. The van der Waals surface area contributed by atoms with Crippen molar-refractivity contribution >= 4 is 21.5 Å². The van der Waals surface area contributed by atoms with E-state index in [1.807, 2.05) is 24.3 Å². The second kappa shape index (κ2) is 4.50. The summed E-state index contributed by atoms with van der Waals surface area (Å²) in [4.78, 5) is 0. The van der Waals surface area contributed by atoms with E-state index in [1.54, 1.807) is 0 Å². The molecule has 0 saturated heterocycles. The third-order valence-electron chi connectivity index (χ3n) is 3.69. The van der Waals surface area contributed by atoms with Crippen molar-refractivity contribution < 1.29 is 0 Å². The Morgan fingerprint density at radius 2 is 1.35 bits per heavy atom. The highest BCUT2D eigenvalue weighted by Crippen LogP contribution is 2.33. The van der Waals surface area contributed by atoms with Crippen molar-refractivity contribution in [1.29, 1.82) is 0 Å². The molecule has 4 aromatic carbocycles. The Balaban J connectivity index is 2.12. The fourth-order valence-corrected chi connectivity index (χ4v) is 2.77. The summed E-state index contributed by atoms with van der Waals surface area (Å²) in [6.07, 6.45) is 0. The quantitative estimate of drug-likeness (QED) is 0.433. The van der Waals surface area contributed by atoms with Crippen molar-refractivity contribution in [3.8, 4) is 11.1 Å². The fraction of sp³-hybridized carbons (Fsp3) is 0. The zero-order chi connectivity index (χ0) is 13.4. The Morgan fingerprint density at radius 3 is 2.35 bits per heavy atom. The van der Waals surface area contributed by atoms with E-state index in [1.165, 1.54) is 27.3 Å². The molecule has 0 atom stereocenters. The third-order valence-corrected chi connectivity index (χ3v) is 3.69. The molecule has 0 heteroatoms. The van der Waals surface area contributed by atoms with Gasteiger partial charge >= 0.3 is 0 Å². The van der Waals surface area contributed by atoms with Crippen molar-refractivity contribution in [3.05, 3.63) is 84.9 Å². The lowest BCUT2D eigenvalue weighted by atomic mass is 9.94. The summed E-state index contributed by atoms with van der Waals surface area (Å²) in [5, 5.41) is 4.78. The summed E-state index contributed by atoms with van der Waals surface area (Å²) >= 11 is 0. The van der Waals surface area contributed by atoms with E-state index in [9.17, 15) is 0 Å². The molecule has 0 amide bonds. The molecule has 0 aliphatic rings. The molecule has 0 saturated carbocycles. The first-order valence-corrected chi connectivity index (χ1v) is 6.73. The van der Waals surface area contributed by atoms with Crippen LogP contribution in [0.5, 0.6) is 0 Å². The van der Waals surface area contributed by atoms with Gasteiger partial charge < -0.3 is 0 Å². The van der Waals surface area contributed by atoms with Gasteiger partial charge in [0.15, 0.2) is 0 Å². The first-order valence-electron chi connectivity index (χ1n) is 6.73. The van der Waals surface area contributed by atoms with Crippen molar-refractivity contribution in [1.82, 2.24) is 0 Å². The summed E-state index contributed by atoms with van der Waals surface area (Å²) in [6.45, 7) is 0. The molecule has 0 aliphatic carbocycles. The molecule has 0 aliphatic heterocycles. The Kier molecular flexibility index (Phi) is 2.53. The molecule has 0 heterocycles. The molecule has 0 spiro atoms. The van der Waals surface area contributed by atoms with Crippen LogP contribution in [0.4, 0.5) is 0 Å². The number of hydrogen-bond donors (Lipinski definition) is 0. The van der Waals surface area contributed by atoms with E-state index in [0.717, 1.165) is 5.39 Å². The van der Waals surface area contributed by atoms with Gasteiger partial charge in [0, 0.05) is 0 Å². The second-order valence-electron chi connectivity index (χ2n) is 4.88. The maximum absolute atomic E-state index is 3.37. The summed E-state index contributed by atoms with van der Waals surface area (Å²) < 4.78 is 0. The zero-order valence-corrected chi connectivity index (χ0v) is 10.9. The molecule has 0 bridgehead atoms. The summed E-state index contributed by atoms with van der Waals surface area (Å²) in [6, 6.07) is 31.7. The van der Waals surface area contributed by atoms with E-state index in [-0.39, 0.29) is 0 Å². The Labute approximate surface area is 118 Å². The Morgan fingerprint density at radius 1 is 0.600 bits per heavy atom. The van der Waals surface area contributed by atoms with Crippen LogP contribution in [0.2, 0.25) is 0 Å². The highest BCUT2D eigenvalue weighted by molar-refractivity contribution is 6.04. The van der Waals surface area contributed by atoms with Gasteiger partial charge in [0.25, 0.3) is 0 Å². The van der Waals surface area contributed by atoms with E-state index >= 15 is 0 Å². The van der Waals surface area contributed by atoms with E-state index in [4.69, 9.17) is 0 Å². The van der Waals surface area contributed by atoms with Crippen LogP contribution in [0, 0.1) is 12.1 Å². The maximum Gasteiger partial charge on any atom is -0.00264 e. The van der Waals surface area contributed by atoms with Crippen LogP contribution in [0.25, 0.3) is 32.7 Å². The van der Waals surface area contributed by atoms with E-state index in [2.05, 4.69) is 60.7 Å². The highest BCUT2D eigenvalue weighted by atomic mass is 14.1. The molecule has 2 radical (unpaired) electrons. The van der Waals surface area contributed by atoms with Gasteiger partial charge in [-0.3, -0.25) is 0 Å². The van der Waals surface area contributed by atoms with Crippen LogP contribution in [0.15, 0.2) is 72.8 Å². The molecule has 0 fully saturated rings. The zero-order valence-electron chi connectivity index (χ0n) is 10.9. The molecule has 0 unspecified atom stereocenters. The van der Waals surface area contributed by atoms with Crippen molar-refractivity contribution in [3.63, 3.8) is 0 Å². The maximum atomic E-state index is 3.37. The fourth-order valence-electron chi connectivity index (χ4n) is 2.77. The minimum atomic E-state index is 1.15. The standard InChI is InChI=1S/C20H12/c1-3-11-17-15(7-1)9-5-13-19(17)20-14-6-10-16-8-2-4-12-18(16)20/h1-7,9-10,12-14H. The third kappa shape index (κ3) is 1.70. The van der Waals surface area contributed by atoms with Crippen LogP contribution in [0.3, 0.4) is 0 Å². The van der Waals surface area contributed by atoms with E-state index in [0.29, 0.717) is 0 Å². The molecule has 0 N–H and O–H groups in total. The lowest BCUT2D eigenvalue weighted by Gasteiger charge is -2.09. The van der Waals surface area contributed by atoms with Gasteiger partial charge in [0.1, 0.15) is 0 Å². The van der Waals surface area contributed by atoms with Crippen LogP contribution in [0.1, 0.15) is 0 Å². The summed E-state index contributed by atoms with van der Waals surface area (Å²) in [5.41, 5.74) is 2.47. The lowest BCUT2D eigenvalue weighted by Crippen LogP contribution is -1.83. The molecule has 0 aromatic heterocycles. The average Bonchev–Trinajstić information content (AvgIpc) is 2.54. The number of benzene rings is 4. The van der Waals surface area contributed by atoms with Crippen molar-refractivity contribution in [2.75, 3.05) is 0 Å². The Hall–Kier alpha value is -2.60. The average molecular weight is 252 g/mol. The largest absolute Gasteiger partial charge is 0.0610 e. The monoisotopic (exact) mass is 252 g/mol. The van der Waals surface area contributed by atoms with Gasteiger partial charge in [0.05, 0.1) is 0 Å². The molecule has 92 valence electrons. The Bertz CT molecular complexity index is 816. The predicted octanol–water partition coefficient (Wildman–Crippen LogP) is 5.26. The summed E-state index contributed by atoms with van der Waals surface area (Å²) in [7, 11) is 0. The minimum absolute atomic E-state index is 1.15. The number of fused-ring (bicyclic) bond motifs is 2. The van der Waals surface area contributed by atoms with Gasteiger partial charge in [-0.1, -0.05) is 72.8 Å². The van der Waals surface area contributed by atoms with E-state index < -0.39 is 0 Å². The van der Waals surface area contributed by atoms with Crippen molar-refractivity contribution in [2.24, 2.45) is 0 Å². The smallest absolute Gasteiger partial charge is 0.00264 e. The minimum Gasteiger partial charge on any atom is -0.0610 e. The molecule has 0 nitrogen and oxygen atoms in total. The normalized spacial score (nSPS) is 11.0. The van der Waals surface area contributed by atoms with Gasteiger partial charge in [-0.15, -0.1) is 0 Å². The molecular weight excluding hydrogens is 240 g/mol. The molecule has 20 heavy (non-hydrogen) atoms.